The summed E-state index contributed by atoms with van der Waals surface area (Å²) in [6, 6.07) is 11.4. The molecule has 1 aromatic carbocycles. The molecule has 1 amide bonds. The largest absolute Gasteiger partial charge is 0.468 e. The number of carbonyl (C=O) groups is 1. The number of benzene rings is 1. The molecule has 1 N–H and O–H groups in total. The van der Waals surface area contributed by atoms with Crippen molar-refractivity contribution >= 4 is 16.9 Å². The third-order valence-corrected chi connectivity index (χ3v) is 4.59. The number of aromatic nitrogens is 2. The maximum Gasteiger partial charge on any atom is 0.271 e. The van der Waals surface area contributed by atoms with E-state index in [-0.39, 0.29) is 11.9 Å². The van der Waals surface area contributed by atoms with Gasteiger partial charge in [-0.25, -0.2) is 4.98 Å². The summed E-state index contributed by atoms with van der Waals surface area (Å²) in [6.07, 6.45) is 5.56. The lowest BCUT2D eigenvalue weighted by Crippen LogP contribution is -2.37. The lowest BCUT2D eigenvalue weighted by Gasteiger charge is -2.25. The van der Waals surface area contributed by atoms with E-state index in [2.05, 4.69) is 20.2 Å². The van der Waals surface area contributed by atoms with Gasteiger partial charge in [0.15, 0.2) is 0 Å². The van der Waals surface area contributed by atoms with Crippen molar-refractivity contribution in [1.29, 1.82) is 0 Å². The Morgan fingerprint density at radius 3 is 2.72 bits per heavy atom. The Bertz CT molecular complexity index is 857. The van der Waals surface area contributed by atoms with Crippen LogP contribution in [0, 0.1) is 0 Å². The molecule has 6 heteroatoms. The summed E-state index contributed by atoms with van der Waals surface area (Å²) < 4.78 is 5.58. The average Bonchev–Trinajstić information content (AvgIpc) is 3.36. The molecule has 6 nitrogen and oxygen atoms in total. The normalized spacial score (nSPS) is 16.2. The molecule has 0 bridgehead atoms. The number of rotatable bonds is 5. The molecule has 0 aliphatic carbocycles. The summed E-state index contributed by atoms with van der Waals surface area (Å²) >= 11 is 0. The molecular formula is C19H20N4O2. The van der Waals surface area contributed by atoms with Crippen LogP contribution in [0.25, 0.3) is 11.0 Å². The van der Waals surface area contributed by atoms with Crippen LogP contribution in [0.3, 0.4) is 0 Å². The van der Waals surface area contributed by atoms with Gasteiger partial charge in [0.25, 0.3) is 5.91 Å². The quantitative estimate of drug-likeness (QED) is 0.776. The molecule has 25 heavy (non-hydrogen) atoms. The summed E-state index contributed by atoms with van der Waals surface area (Å²) in [5.74, 6) is 0.667. The first-order chi connectivity index (χ1) is 12.3. The predicted octanol–water partition coefficient (Wildman–Crippen LogP) is 2.79. The number of para-hydroxylation sites is 2. The van der Waals surface area contributed by atoms with E-state index in [9.17, 15) is 4.79 Å². The van der Waals surface area contributed by atoms with Gasteiger partial charge in [-0.15, -0.1) is 0 Å². The molecule has 3 aromatic rings. The monoisotopic (exact) mass is 336 g/mol. The first kappa shape index (κ1) is 15.8. The first-order valence-electron chi connectivity index (χ1n) is 8.59. The van der Waals surface area contributed by atoms with Gasteiger partial charge in [0, 0.05) is 6.54 Å². The molecule has 2 aromatic heterocycles. The molecule has 0 radical (unpaired) electrons. The fraction of sp³-hybridized carbons (Fsp3) is 0.316. The minimum atomic E-state index is -0.214. The van der Waals surface area contributed by atoms with Gasteiger partial charge in [-0.05, 0) is 50.2 Å². The van der Waals surface area contributed by atoms with Gasteiger partial charge >= 0.3 is 0 Å². The van der Waals surface area contributed by atoms with E-state index in [0.717, 1.165) is 29.9 Å². The summed E-state index contributed by atoms with van der Waals surface area (Å²) in [5, 5.41) is 2.99. The number of nitrogens with one attached hydrogen (secondary N) is 1. The van der Waals surface area contributed by atoms with Crippen LogP contribution in [0.4, 0.5) is 0 Å². The second-order valence-corrected chi connectivity index (χ2v) is 6.23. The smallest absolute Gasteiger partial charge is 0.271 e. The van der Waals surface area contributed by atoms with E-state index < -0.39 is 0 Å². The lowest BCUT2D eigenvalue weighted by atomic mass is 10.2. The maximum atomic E-state index is 12.5. The van der Waals surface area contributed by atoms with E-state index in [0.29, 0.717) is 12.2 Å². The van der Waals surface area contributed by atoms with E-state index in [4.69, 9.17) is 4.42 Å². The van der Waals surface area contributed by atoms with Crippen LogP contribution >= 0.6 is 0 Å². The van der Waals surface area contributed by atoms with Gasteiger partial charge in [-0.1, -0.05) is 12.1 Å². The Kier molecular flexibility index (Phi) is 4.43. The zero-order valence-corrected chi connectivity index (χ0v) is 13.9. The molecule has 4 rings (SSSR count). The molecule has 1 atom stereocenters. The summed E-state index contributed by atoms with van der Waals surface area (Å²) in [7, 11) is 0. The summed E-state index contributed by atoms with van der Waals surface area (Å²) in [5.41, 5.74) is 1.83. The number of likely N-dealkylation sites (tertiary alicyclic amines) is 1. The molecule has 1 fully saturated rings. The number of hydrogen-bond donors (Lipinski definition) is 1. The summed E-state index contributed by atoms with van der Waals surface area (Å²) in [6.45, 7) is 2.54. The Morgan fingerprint density at radius 2 is 1.96 bits per heavy atom. The highest BCUT2D eigenvalue weighted by molar-refractivity contribution is 5.93. The Labute approximate surface area is 145 Å². The highest BCUT2D eigenvalue weighted by Crippen LogP contribution is 2.25. The number of furan rings is 1. The van der Waals surface area contributed by atoms with E-state index >= 15 is 0 Å². The van der Waals surface area contributed by atoms with E-state index in [1.165, 1.54) is 19.0 Å². The highest BCUT2D eigenvalue weighted by Gasteiger charge is 2.26. The topological polar surface area (TPSA) is 71.3 Å². The molecular weight excluding hydrogens is 316 g/mol. The standard InChI is InChI=1S/C19H20N4O2/c24-19(16-12-20-14-6-1-2-7-15(14)22-16)21-13-17(18-8-5-11-25-18)23-9-3-4-10-23/h1-2,5-8,11-12,17H,3-4,9-10,13H2,(H,21,24)/t17-/m1/s1. The second-order valence-electron chi connectivity index (χ2n) is 6.23. The maximum absolute atomic E-state index is 12.5. The van der Waals surface area contributed by atoms with Crippen LogP contribution in [0.1, 0.15) is 35.1 Å². The average molecular weight is 336 g/mol. The van der Waals surface area contributed by atoms with Crippen LogP contribution < -0.4 is 5.32 Å². The molecule has 3 heterocycles. The van der Waals surface area contributed by atoms with Crippen molar-refractivity contribution in [3.63, 3.8) is 0 Å². The van der Waals surface area contributed by atoms with Crippen LogP contribution in [-0.2, 0) is 0 Å². The zero-order valence-electron chi connectivity index (χ0n) is 13.9. The molecule has 0 saturated carbocycles. The van der Waals surface area contributed by atoms with Gasteiger partial charge in [0.2, 0.25) is 0 Å². The van der Waals surface area contributed by atoms with Gasteiger partial charge in [0.05, 0.1) is 29.5 Å². The minimum Gasteiger partial charge on any atom is -0.468 e. The fourth-order valence-corrected chi connectivity index (χ4v) is 3.29. The van der Waals surface area contributed by atoms with E-state index in [1.807, 2.05) is 36.4 Å². The van der Waals surface area contributed by atoms with E-state index in [1.54, 1.807) is 6.26 Å². The third-order valence-electron chi connectivity index (χ3n) is 4.59. The van der Waals surface area contributed by atoms with Gasteiger partial charge in [-0.2, -0.15) is 0 Å². The van der Waals surface area contributed by atoms with Gasteiger partial charge < -0.3 is 9.73 Å². The number of carbonyl (C=O) groups excluding carboxylic acids is 1. The van der Waals surface area contributed by atoms with Crippen LogP contribution in [0.2, 0.25) is 0 Å². The Morgan fingerprint density at radius 1 is 1.16 bits per heavy atom. The van der Waals surface area contributed by atoms with Crippen molar-refractivity contribution < 1.29 is 9.21 Å². The van der Waals surface area contributed by atoms with Crippen molar-refractivity contribution in [2.24, 2.45) is 0 Å². The van der Waals surface area contributed by atoms with Crippen molar-refractivity contribution in [1.82, 2.24) is 20.2 Å². The highest BCUT2D eigenvalue weighted by atomic mass is 16.3. The van der Waals surface area contributed by atoms with Gasteiger partial charge in [-0.3, -0.25) is 14.7 Å². The lowest BCUT2D eigenvalue weighted by molar-refractivity contribution is 0.0929. The van der Waals surface area contributed by atoms with Crippen molar-refractivity contribution in [3.05, 3.63) is 60.3 Å². The molecule has 1 aliphatic heterocycles. The van der Waals surface area contributed by atoms with Gasteiger partial charge in [0.1, 0.15) is 11.5 Å². The van der Waals surface area contributed by atoms with Crippen LogP contribution in [0.15, 0.2) is 53.3 Å². The number of nitrogens with zero attached hydrogens (tertiary/aromatic N) is 3. The van der Waals surface area contributed by atoms with Crippen molar-refractivity contribution in [2.45, 2.75) is 18.9 Å². The fourth-order valence-electron chi connectivity index (χ4n) is 3.29. The minimum absolute atomic E-state index is 0.0508. The van der Waals surface area contributed by atoms with Crippen LogP contribution in [-0.4, -0.2) is 40.4 Å². The SMILES string of the molecule is O=C(NC[C@H](c1ccco1)N1CCCC1)c1cnc2ccccc2n1. The zero-order chi connectivity index (χ0) is 17.1. The molecule has 0 spiro atoms. The Balaban J connectivity index is 1.48. The molecule has 1 aliphatic rings. The number of fused-ring (bicyclic) bond motifs is 1. The van der Waals surface area contributed by atoms with Crippen molar-refractivity contribution in [2.75, 3.05) is 19.6 Å². The second kappa shape index (κ2) is 7.03. The number of hydrogen-bond acceptors (Lipinski definition) is 5. The first-order valence-corrected chi connectivity index (χ1v) is 8.59. The summed E-state index contributed by atoms with van der Waals surface area (Å²) in [4.78, 5) is 23.6. The predicted molar refractivity (Wildman–Crippen MR) is 94.1 cm³/mol. The molecule has 1 saturated heterocycles. The van der Waals surface area contributed by atoms with Crippen molar-refractivity contribution in [3.8, 4) is 0 Å². The number of amides is 1. The third kappa shape index (κ3) is 3.39. The molecule has 0 unspecified atom stereocenters. The van der Waals surface area contributed by atoms with Crippen LogP contribution in [0.5, 0.6) is 0 Å². The molecule has 128 valence electrons. The Hall–Kier alpha value is -2.73.